The Kier molecular flexibility index (Phi) is 10.3. The molecule has 0 bridgehead atoms. The molecule has 7 nitrogen and oxygen atoms in total. The van der Waals surface area contributed by atoms with Gasteiger partial charge >= 0.3 is 0 Å². The second-order valence-corrected chi connectivity index (χ2v) is 16.1. The van der Waals surface area contributed by atoms with Crippen molar-refractivity contribution >= 4 is 23.5 Å². The molecule has 8 aromatic rings. The smallest absolute Gasteiger partial charge is 0.118 e. The number of anilines is 2. The summed E-state index contributed by atoms with van der Waals surface area (Å²) in [6.45, 7) is 0. The lowest BCUT2D eigenvalue weighted by atomic mass is 9.68. The van der Waals surface area contributed by atoms with Gasteiger partial charge in [-0.1, -0.05) is 146 Å². The molecule has 3 heterocycles. The number of nitrogens with one attached hydrogen (secondary N) is 2. The van der Waals surface area contributed by atoms with Crippen molar-refractivity contribution in [3.63, 3.8) is 0 Å². The molecule has 2 N–H and O–H groups in total. The van der Waals surface area contributed by atoms with Crippen molar-refractivity contribution in [3.05, 3.63) is 221 Å². The molecule has 0 saturated carbocycles. The molecule has 2 unspecified atom stereocenters. The number of fused-ring (bicyclic) bond motifs is 2. The van der Waals surface area contributed by atoms with Gasteiger partial charge in [0.2, 0.25) is 0 Å². The second kappa shape index (κ2) is 16.2. The van der Waals surface area contributed by atoms with Crippen molar-refractivity contribution in [2.24, 2.45) is 0 Å². The van der Waals surface area contributed by atoms with Crippen molar-refractivity contribution in [3.8, 4) is 22.6 Å². The first-order valence-corrected chi connectivity index (χ1v) is 20.5. The fraction of sp³-hybridized carbons (Fsp3) is 0.151. The Morgan fingerprint density at radius 2 is 0.917 bits per heavy atom. The van der Waals surface area contributed by atoms with Crippen LogP contribution in [-0.4, -0.2) is 53.6 Å². The molecule has 0 aliphatic heterocycles. The first-order valence-electron chi connectivity index (χ1n) is 20.5. The second-order valence-electron chi connectivity index (χ2n) is 16.1. The molecule has 3 aromatic heterocycles. The average molecular weight is 784 g/mol. The van der Waals surface area contributed by atoms with Crippen molar-refractivity contribution in [1.82, 2.24) is 25.4 Å². The zero-order chi connectivity index (χ0) is 41.1. The quantitative estimate of drug-likeness (QED) is 0.160. The fourth-order valence-electron chi connectivity index (χ4n) is 8.76. The third kappa shape index (κ3) is 7.13. The molecule has 5 aromatic carbocycles. The zero-order valence-electron chi connectivity index (χ0n) is 34.5. The van der Waals surface area contributed by atoms with E-state index in [-0.39, 0.29) is 10.8 Å². The number of hydrogen-bond donors (Lipinski definition) is 2. The van der Waals surface area contributed by atoms with E-state index in [0.717, 1.165) is 46.7 Å². The van der Waals surface area contributed by atoms with E-state index in [1.807, 2.05) is 30.5 Å². The van der Waals surface area contributed by atoms with Crippen LogP contribution in [0.5, 0.6) is 0 Å². The van der Waals surface area contributed by atoms with Crippen LogP contribution in [0.2, 0.25) is 0 Å². The van der Waals surface area contributed by atoms with Gasteiger partial charge in [0.15, 0.2) is 0 Å². The summed E-state index contributed by atoms with van der Waals surface area (Å²) in [7, 11) is 8.34. The molecule has 2 aliphatic rings. The lowest BCUT2D eigenvalue weighted by Gasteiger charge is -2.35. The molecule has 2 atom stereocenters. The van der Waals surface area contributed by atoms with Crippen molar-refractivity contribution in [1.29, 1.82) is 0 Å². The predicted molar refractivity (Wildman–Crippen MR) is 247 cm³/mol. The highest BCUT2D eigenvalue weighted by molar-refractivity contribution is 5.77. The molecule has 0 saturated heterocycles. The number of aromatic nitrogens is 5. The van der Waals surface area contributed by atoms with Gasteiger partial charge in [-0.3, -0.25) is 15.2 Å². The number of hydrogen-bond acceptors (Lipinski definition) is 5. The van der Waals surface area contributed by atoms with Crippen LogP contribution in [0.15, 0.2) is 176 Å². The summed E-state index contributed by atoms with van der Waals surface area (Å²) in [5.74, 6) is 0. The summed E-state index contributed by atoms with van der Waals surface area (Å²) >= 11 is 0. The average Bonchev–Trinajstić information content (AvgIpc) is 3.94. The normalized spacial score (nSPS) is 17.5. The van der Waals surface area contributed by atoms with Crippen molar-refractivity contribution in [2.75, 3.05) is 38.0 Å². The Bertz CT molecular complexity index is 2570. The molecule has 0 fully saturated rings. The van der Waals surface area contributed by atoms with Gasteiger partial charge in [0.1, 0.15) is 5.69 Å². The zero-order valence-corrected chi connectivity index (χ0v) is 34.5. The molecule has 7 heteroatoms. The topological polar surface area (TPSA) is 76.7 Å². The minimum Gasteiger partial charge on any atom is -0.378 e. The van der Waals surface area contributed by atoms with E-state index in [2.05, 4.69) is 221 Å². The van der Waals surface area contributed by atoms with Crippen LogP contribution in [0.25, 0.3) is 34.8 Å². The van der Waals surface area contributed by atoms with Gasteiger partial charge < -0.3 is 9.80 Å². The fourth-order valence-corrected chi connectivity index (χ4v) is 8.76. The molecule has 0 radical (unpaired) electrons. The summed E-state index contributed by atoms with van der Waals surface area (Å²) in [4.78, 5) is 8.80. The largest absolute Gasteiger partial charge is 0.378 e. The van der Waals surface area contributed by atoms with Crippen LogP contribution in [0, 0.1) is 0 Å². The third-order valence-electron chi connectivity index (χ3n) is 12.0. The first-order chi connectivity index (χ1) is 29.3. The molecule has 0 spiro atoms. The van der Waals surface area contributed by atoms with Crippen molar-refractivity contribution in [2.45, 2.75) is 23.7 Å². The maximum Gasteiger partial charge on any atom is 0.118 e. The lowest BCUT2D eigenvalue weighted by Crippen LogP contribution is -2.30. The summed E-state index contributed by atoms with van der Waals surface area (Å²) < 4.78 is 0. The maximum atomic E-state index is 4.68. The van der Waals surface area contributed by atoms with E-state index in [4.69, 9.17) is 0 Å². The summed E-state index contributed by atoms with van der Waals surface area (Å²) in [6, 6.07) is 55.5. The number of nitrogens with zero attached hydrogens (tertiary/aromatic N) is 5. The Hall–Kier alpha value is -7.25. The molecule has 60 heavy (non-hydrogen) atoms. The van der Waals surface area contributed by atoms with E-state index in [9.17, 15) is 0 Å². The monoisotopic (exact) mass is 783 g/mol. The van der Waals surface area contributed by atoms with Crippen LogP contribution in [0.1, 0.15) is 44.8 Å². The van der Waals surface area contributed by atoms with Gasteiger partial charge in [0, 0.05) is 97.5 Å². The number of allylic oxidation sites excluding steroid dienone is 2. The minimum absolute atomic E-state index is 0.235. The van der Waals surface area contributed by atoms with Crippen LogP contribution in [0.3, 0.4) is 0 Å². The van der Waals surface area contributed by atoms with E-state index in [1.165, 1.54) is 44.9 Å². The molecule has 10 rings (SSSR count). The number of rotatable bonds is 8. The Balaban J connectivity index is 0.000000154. The van der Waals surface area contributed by atoms with Gasteiger partial charge in [0.25, 0.3) is 0 Å². The summed E-state index contributed by atoms with van der Waals surface area (Å²) in [5.41, 5.74) is 15.6. The van der Waals surface area contributed by atoms with Gasteiger partial charge in [-0.25, -0.2) is 0 Å². The Labute approximate surface area is 352 Å². The van der Waals surface area contributed by atoms with E-state index < -0.39 is 0 Å². The number of H-pyrrole nitrogens is 2. The standard InChI is InChI=1S/C27H25N3.C26H24N4/c1-30(2)23-15-9-14-22(18-23)27(21-12-7-4-8-13-21)17-16-24-25(19-27)28-29-26(24)20-10-5-3-6-11-20;1-30(2)21-12-8-11-20(17-21)26(19-9-4-3-5-10-19)15-14-22-24(18-26)28-29-25(22)23-13-6-7-16-27-23/h3-18H,19H2,1-2H3,(H,28,29);3-17H,18H2,1-2H3,(H,28,29). The molecule has 0 amide bonds. The van der Waals surface area contributed by atoms with Crippen LogP contribution in [-0.2, 0) is 23.7 Å². The van der Waals surface area contributed by atoms with Gasteiger partial charge in [0.05, 0.1) is 11.4 Å². The lowest BCUT2D eigenvalue weighted by molar-refractivity contribution is 0.620. The van der Waals surface area contributed by atoms with Gasteiger partial charge in [-0.05, 0) is 58.7 Å². The highest BCUT2D eigenvalue weighted by atomic mass is 15.1. The van der Waals surface area contributed by atoms with Gasteiger partial charge in [-0.15, -0.1) is 0 Å². The van der Waals surface area contributed by atoms with Gasteiger partial charge in [-0.2, -0.15) is 10.2 Å². The number of benzene rings is 5. The number of aromatic amines is 2. The van der Waals surface area contributed by atoms with E-state index in [1.54, 1.807) is 0 Å². The van der Waals surface area contributed by atoms with Crippen LogP contribution in [0.4, 0.5) is 11.4 Å². The van der Waals surface area contributed by atoms with E-state index >= 15 is 0 Å². The molecular weight excluding hydrogens is 735 g/mol. The highest BCUT2D eigenvalue weighted by Gasteiger charge is 2.38. The molecule has 2 aliphatic carbocycles. The SMILES string of the molecule is CN(C)c1cccc(C2(c3ccccc3)C=Cc3c(-c4ccccc4)n[nH]c3C2)c1.CN(C)c1cccc(C2(c3ccccc3)C=Cc3c(-c4ccccn4)n[nH]c3C2)c1. The third-order valence-corrected chi connectivity index (χ3v) is 12.0. The first kappa shape index (κ1) is 38.3. The van der Waals surface area contributed by atoms with E-state index in [0.29, 0.717) is 0 Å². The summed E-state index contributed by atoms with van der Waals surface area (Å²) in [5, 5.41) is 16.0. The maximum absolute atomic E-state index is 4.68. The predicted octanol–water partition coefficient (Wildman–Crippen LogP) is 10.8. The summed E-state index contributed by atoms with van der Waals surface area (Å²) in [6.07, 6.45) is 12.6. The highest BCUT2D eigenvalue weighted by Crippen LogP contribution is 2.45. The van der Waals surface area contributed by atoms with Crippen LogP contribution < -0.4 is 9.80 Å². The minimum atomic E-state index is -0.256. The Morgan fingerprint density at radius 3 is 1.40 bits per heavy atom. The van der Waals surface area contributed by atoms with Crippen LogP contribution >= 0.6 is 0 Å². The number of pyridine rings is 1. The van der Waals surface area contributed by atoms with Crippen molar-refractivity contribution < 1.29 is 0 Å². The molecular formula is C53H49N7. The molecule has 296 valence electrons. The Morgan fingerprint density at radius 1 is 0.467 bits per heavy atom.